The molecule has 5 heteroatoms. The van der Waals surface area contributed by atoms with Crippen LogP contribution in [0.15, 0.2) is 28.8 Å². The Bertz CT molecular complexity index is 793. The predicted molar refractivity (Wildman–Crippen MR) is 80.4 cm³/mol. The highest BCUT2D eigenvalue weighted by molar-refractivity contribution is 5.85. The molecule has 0 amide bonds. The van der Waals surface area contributed by atoms with Crippen LogP contribution in [0.5, 0.6) is 5.88 Å². The molecule has 0 aliphatic heterocycles. The molecule has 5 nitrogen and oxygen atoms in total. The van der Waals surface area contributed by atoms with Crippen LogP contribution in [0, 0.1) is 6.92 Å². The van der Waals surface area contributed by atoms with E-state index in [1.165, 1.54) is 5.56 Å². The number of pyridine rings is 1. The maximum atomic E-state index is 5.38. The van der Waals surface area contributed by atoms with Crippen molar-refractivity contribution < 1.29 is 9.26 Å². The first kappa shape index (κ1) is 13.5. The topological polar surface area (TPSA) is 61.0 Å². The van der Waals surface area contributed by atoms with Gasteiger partial charge >= 0.3 is 0 Å². The molecule has 0 aliphatic carbocycles. The largest absolute Gasteiger partial charge is 0.480 e. The fourth-order valence-corrected chi connectivity index (χ4v) is 2.17. The van der Waals surface area contributed by atoms with Crippen molar-refractivity contribution in [3.63, 3.8) is 0 Å². The molecule has 0 bridgehead atoms. The molecule has 2 aromatic heterocycles. The van der Waals surface area contributed by atoms with Crippen molar-refractivity contribution in [1.29, 1.82) is 0 Å². The third-order valence-corrected chi connectivity index (χ3v) is 3.31. The minimum atomic E-state index is 0.188. The first-order valence-corrected chi connectivity index (χ1v) is 6.88. The third-order valence-electron chi connectivity index (χ3n) is 3.31. The first-order chi connectivity index (χ1) is 10.1. The number of benzene rings is 1. The lowest BCUT2D eigenvalue weighted by Gasteiger charge is -2.07. The van der Waals surface area contributed by atoms with Crippen LogP contribution in [0.25, 0.3) is 22.3 Å². The summed E-state index contributed by atoms with van der Waals surface area (Å²) in [6.45, 7) is 6.07. The molecule has 0 N–H and O–H groups in total. The summed E-state index contributed by atoms with van der Waals surface area (Å²) < 4.78 is 10.6. The van der Waals surface area contributed by atoms with Gasteiger partial charge in [0.05, 0.1) is 18.2 Å². The number of ether oxygens (including phenoxy) is 1. The third kappa shape index (κ3) is 2.46. The van der Waals surface area contributed by atoms with E-state index in [0.717, 1.165) is 16.5 Å². The van der Waals surface area contributed by atoms with Gasteiger partial charge in [-0.05, 0) is 25.1 Å². The number of hydrogen-bond acceptors (Lipinski definition) is 5. The first-order valence-electron chi connectivity index (χ1n) is 6.88. The van der Waals surface area contributed by atoms with Gasteiger partial charge in [0.1, 0.15) is 0 Å². The molecular weight excluding hydrogens is 266 g/mol. The Morgan fingerprint density at radius 1 is 1.14 bits per heavy atom. The highest BCUT2D eigenvalue weighted by Gasteiger charge is 2.17. The molecule has 0 unspecified atom stereocenters. The molecular formula is C16H17N3O2. The van der Waals surface area contributed by atoms with Gasteiger partial charge in [-0.2, -0.15) is 4.98 Å². The normalized spacial score (nSPS) is 11.3. The quantitative estimate of drug-likeness (QED) is 0.733. The van der Waals surface area contributed by atoms with Gasteiger partial charge < -0.3 is 9.26 Å². The summed E-state index contributed by atoms with van der Waals surface area (Å²) >= 11 is 0. The fourth-order valence-electron chi connectivity index (χ4n) is 2.17. The Hall–Kier alpha value is -2.43. The van der Waals surface area contributed by atoms with Gasteiger partial charge in [0.2, 0.25) is 17.6 Å². The summed E-state index contributed by atoms with van der Waals surface area (Å²) in [6.07, 6.45) is 0. The van der Waals surface area contributed by atoms with Crippen molar-refractivity contribution in [3.8, 4) is 17.3 Å². The van der Waals surface area contributed by atoms with Crippen molar-refractivity contribution in [3.05, 3.63) is 35.7 Å². The average Bonchev–Trinajstić information content (AvgIpc) is 2.95. The summed E-state index contributed by atoms with van der Waals surface area (Å²) in [7, 11) is 1.59. The van der Waals surface area contributed by atoms with E-state index in [-0.39, 0.29) is 5.92 Å². The molecule has 0 saturated carbocycles. The Morgan fingerprint density at radius 3 is 2.62 bits per heavy atom. The Morgan fingerprint density at radius 2 is 1.95 bits per heavy atom. The summed E-state index contributed by atoms with van der Waals surface area (Å²) in [5, 5.41) is 5.07. The lowest BCUT2D eigenvalue weighted by atomic mass is 10.1. The van der Waals surface area contributed by atoms with Crippen molar-refractivity contribution in [2.45, 2.75) is 26.7 Å². The molecule has 21 heavy (non-hydrogen) atoms. The molecule has 0 atom stereocenters. The predicted octanol–water partition coefficient (Wildman–Crippen LogP) is 3.73. The zero-order valence-electron chi connectivity index (χ0n) is 12.5. The Kier molecular flexibility index (Phi) is 3.33. The Labute approximate surface area is 123 Å². The lowest BCUT2D eigenvalue weighted by molar-refractivity contribution is 0.365. The van der Waals surface area contributed by atoms with Crippen LogP contribution in [-0.4, -0.2) is 22.2 Å². The molecule has 0 radical (unpaired) electrons. The number of fused-ring (bicyclic) bond motifs is 1. The van der Waals surface area contributed by atoms with E-state index in [4.69, 9.17) is 9.26 Å². The monoisotopic (exact) mass is 283 g/mol. The number of methoxy groups -OCH3 is 1. The summed E-state index contributed by atoms with van der Waals surface area (Å²) in [5.41, 5.74) is 2.80. The van der Waals surface area contributed by atoms with Gasteiger partial charge in [-0.3, -0.25) is 0 Å². The van der Waals surface area contributed by atoms with E-state index in [9.17, 15) is 0 Å². The maximum absolute atomic E-state index is 5.38. The summed E-state index contributed by atoms with van der Waals surface area (Å²) in [4.78, 5) is 8.94. The van der Waals surface area contributed by atoms with Crippen LogP contribution in [0.4, 0.5) is 0 Å². The average molecular weight is 283 g/mol. The SMILES string of the molecule is COc1nc2ccc(C)cc2cc1-c1noc(C(C)C)n1. The molecule has 3 aromatic rings. The molecule has 1 aromatic carbocycles. The van der Waals surface area contributed by atoms with Crippen molar-refractivity contribution in [1.82, 2.24) is 15.1 Å². The van der Waals surface area contributed by atoms with Crippen molar-refractivity contribution in [2.24, 2.45) is 0 Å². The summed E-state index contributed by atoms with van der Waals surface area (Å²) in [6, 6.07) is 8.07. The molecule has 0 saturated heterocycles. The minimum Gasteiger partial charge on any atom is -0.480 e. The van der Waals surface area contributed by atoms with Crippen LogP contribution in [0.1, 0.15) is 31.2 Å². The number of rotatable bonds is 3. The van der Waals surface area contributed by atoms with Gasteiger partial charge in [0.15, 0.2) is 0 Å². The van der Waals surface area contributed by atoms with E-state index in [0.29, 0.717) is 17.6 Å². The fraction of sp³-hybridized carbons (Fsp3) is 0.312. The van der Waals surface area contributed by atoms with E-state index in [1.54, 1.807) is 7.11 Å². The van der Waals surface area contributed by atoms with Crippen LogP contribution in [0.2, 0.25) is 0 Å². The maximum Gasteiger partial charge on any atom is 0.229 e. The second-order valence-electron chi connectivity index (χ2n) is 5.35. The molecule has 108 valence electrons. The number of aryl methyl sites for hydroxylation is 1. The number of hydrogen-bond donors (Lipinski definition) is 0. The van der Waals surface area contributed by atoms with Crippen LogP contribution >= 0.6 is 0 Å². The zero-order valence-corrected chi connectivity index (χ0v) is 12.5. The minimum absolute atomic E-state index is 0.188. The lowest BCUT2D eigenvalue weighted by Crippen LogP contribution is -1.95. The van der Waals surface area contributed by atoms with E-state index < -0.39 is 0 Å². The molecule has 0 spiro atoms. The molecule has 3 rings (SSSR count). The van der Waals surface area contributed by atoms with Gasteiger partial charge in [0.25, 0.3) is 0 Å². The molecule has 0 fully saturated rings. The molecule has 2 heterocycles. The van der Waals surface area contributed by atoms with Crippen LogP contribution in [0.3, 0.4) is 0 Å². The highest BCUT2D eigenvalue weighted by atomic mass is 16.5. The van der Waals surface area contributed by atoms with Crippen molar-refractivity contribution >= 4 is 10.9 Å². The zero-order chi connectivity index (χ0) is 15.0. The number of nitrogens with zero attached hydrogens (tertiary/aromatic N) is 3. The van der Waals surface area contributed by atoms with Gasteiger partial charge in [0, 0.05) is 11.3 Å². The van der Waals surface area contributed by atoms with E-state index >= 15 is 0 Å². The molecule has 0 aliphatic rings. The van der Waals surface area contributed by atoms with Gasteiger partial charge in [-0.15, -0.1) is 0 Å². The van der Waals surface area contributed by atoms with Gasteiger partial charge in [-0.1, -0.05) is 30.6 Å². The van der Waals surface area contributed by atoms with Crippen molar-refractivity contribution in [2.75, 3.05) is 7.11 Å². The van der Waals surface area contributed by atoms with Gasteiger partial charge in [-0.25, -0.2) is 4.98 Å². The second-order valence-corrected chi connectivity index (χ2v) is 5.35. The summed E-state index contributed by atoms with van der Waals surface area (Å²) in [5.74, 6) is 1.80. The van der Waals surface area contributed by atoms with Crippen LogP contribution in [-0.2, 0) is 0 Å². The van der Waals surface area contributed by atoms with Crippen LogP contribution < -0.4 is 4.74 Å². The van der Waals surface area contributed by atoms with E-state index in [2.05, 4.69) is 28.1 Å². The van der Waals surface area contributed by atoms with E-state index in [1.807, 2.05) is 32.0 Å². The standard InChI is InChI=1S/C16H17N3O2/c1-9(2)15-18-14(19-21-15)12-8-11-7-10(3)5-6-13(11)17-16(12)20-4/h5-9H,1-4H3. The second kappa shape index (κ2) is 5.16. The Balaban J connectivity index is 2.19. The smallest absolute Gasteiger partial charge is 0.229 e. The highest BCUT2D eigenvalue weighted by Crippen LogP contribution is 2.30. The number of aromatic nitrogens is 3.